The van der Waals surface area contributed by atoms with Crippen molar-refractivity contribution >= 4 is 12.0 Å². The van der Waals surface area contributed by atoms with Crippen LogP contribution in [0, 0.1) is 18.3 Å². The number of amides is 2. The van der Waals surface area contributed by atoms with Gasteiger partial charge in [0.05, 0.1) is 6.54 Å². The van der Waals surface area contributed by atoms with Crippen molar-refractivity contribution < 1.29 is 14.7 Å². The third kappa shape index (κ3) is 5.81. The van der Waals surface area contributed by atoms with Gasteiger partial charge in [-0.15, -0.1) is 6.42 Å². The molecule has 1 unspecified atom stereocenters. The summed E-state index contributed by atoms with van der Waals surface area (Å²) in [4.78, 5) is 25.2. The van der Waals surface area contributed by atoms with Gasteiger partial charge in [-0.05, 0) is 5.92 Å². The third-order valence-electron chi connectivity index (χ3n) is 2.49. The Bertz CT molecular complexity index is 309. The zero-order valence-electron chi connectivity index (χ0n) is 10.6. The van der Waals surface area contributed by atoms with Crippen LogP contribution in [0.15, 0.2) is 0 Å². The van der Waals surface area contributed by atoms with Crippen LogP contribution in [0.2, 0.25) is 0 Å². The summed E-state index contributed by atoms with van der Waals surface area (Å²) >= 11 is 0. The number of hydrogen-bond donors (Lipinski definition) is 1. The van der Waals surface area contributed by atoms with Crippen LogP contribution in [0.4, 0.5) is 4.79 Å². The van der Waals surface area contributed by atoms with Gasteiger partial charge in [-0.3, -0.25) is 4.79 Å². The molecule has 2 amide bonds. The van der Waals surface area contributed by atoms with E-state index in [2.05, 4.69) is 5.92 Å². The largest absolute Gasteiger partial charge is 0.480 e. The monoisotopic (exact) mass is 240 g/mol. The molecule has 0 saturated heterocycles. The van der Waals surface area contributed by atoms with Gasteiger partial charge < -0.3 is 14.9 Å². The molecule has 0 rings (SSSR count). The second kappa shape index (κ2) is 7.55. The molecule has 0 aliphatic carbocycles. The molecular formula is C12H20N2O3. The highest BCUT2D eigenvalue weighted by Crippen LogP contribution is 2.05. The van der Waals surface area contributed by atoms with Crippen LogP contribution in [-0.2, 0) is 4.79 Å². The highest BCUT2D eigenvalue weighted by Gasteiger charge is 2.20. The molecule has 1 N–H and O–H groups in total. The Labute approximate surface area is 102 Å². The van der Waals surface area contributed by atoms with Gasteiger partial charge in [0.2, 0.25) is 0 Å². The van der Waals surface area contributed by atoms with Gasteiger partial charge in [0.1, 0.15) is 6.54 Å². The molecule has 0 aliphatic rings. The summed E-state index contributed by atoms with van der Waals surface area (Å²) in [6.45, 7) is 4.31. The fourth-order valence-corrected chi connectivity index (χ4v) is 1.38. The maximum absolute atomic E-state index is 11.9. The number of rotatable bonds is 6. The normalized spacial score (nSPS) is 11.4. The number of hydrogen-bond acceptors (Lipinski definition) is 2. The zero-order chi connectivity index (χ0) is 13.4. The van der Waals surface area contributed by atoms with Gasteiger partial charge in [-0.25, -0.2) is 4.79 Å². The summed E-state index contributed by atoms with van der Waals surface area (Å²) in [5, 5.41) is 8.69. The van der Waals surface area contributed by atoms with Crippen LogP contribution in [0.5, 0.6) is 0 Å². The van der Waals surface area contributed by atoms with Crippen molar-refractivity contribution in [3.05, 3.63) is 0 Å². The van der Waals surface area contributed by atoms with Gasteiger partial charge in [-0.2, -0.15) is 0 Å². The van der Waals surface area contributed by atoms with Crippen molar-refractivity contribution in [3.63, 3.8) is 0 Å². The average Bonchev–Trinajstić information content (AvgIpc) is 2.26. The minimum absolute atomic E-state index is 0.00990. The number of carboxylic acid groups (broad SMARTS) is 1. The molecule has 5 heteroatoms. The van der Waals surface area contributed by atoms with Crippen LogP contribution in [0.3, 0.4) is 0 Å². The van der Waals surface area contributed by atoms with Crippen molar-refractivity contribution in [2.45, 2.75) is 20.3 Å². The van der Waals surface area contributed by atoms with Crippen LogP contribution < -0.4 is 0 Å². The van der Waals surface area contributed by atoms with Crippen LogP contribution >= 0.6 is 0 Å². The lowest BCUT2D eigenvalue weighted by Gasteiger charge is -2.27. The molecule has 0 radical (unpaired) electrons. The Balaban J connectivity index is 4.49. The van der Waals surface area contributed by atoms with Crippen LogP contribution in [0.25, 0.3) is 0 Å². The molecule has 0 bridgehead atoms. The summed E-state index contributed by atoms with van der Waals surface area (Å²) in [6.07, 6.45) is 6.08. The van der Waals surface area contributed by atoms with Gasteiger partial charge in [-0.1, -0.05) is 26.2 Å². The molecule has 0 spiro atoms. The van der Waals surface area contributed by atoms with E-state index in [4.69, 9.17) is 11.5 Å². The van der Waals surface area contributed by atoms with Gasteiger partial charge in [0.25, 0.3) is 0 Å². The third-order valence-corrected chi connectivity index (χ3v) is 2.49. The first-order valence-corrected chi connectivity index (χ1v) is 5.57. The summed E-state index contributed by atoms with van der Waals surface area (Å²) in [6, 6.07) is -0.342. The number of carbonyl (C=O) groups is 2. The van der Waals surface area contributed by atoms with Crippen LogP contribution in [-0.4, -0.2) is 53.6 Å². The molecule has 0 aromatic carbocycles. The minimum Gasteiger partial charge on any atom is -0.480 e. The van der Waals surface area contributed by atoms with Gasteiger partial charge >= 0.3 is 12.0 Å². The van der Waals surface area contributed by atoms with Gasteiger partial charge in [0.15, 0.2) is 0 Å². The summed E-state index contributed by atoms with van der Waals surface area (Å²) < 4.78 is 0. The first-order valence-electron chi connectivity index (χ1n) is 5.57. The first kappa shape index (κ1) is 15.3. The highest BCUT2D eigenvalue weighted by atomic mass is 16.4. The van der Waals surface area contributed by atoms with Crippen molar-refractivity contribution in [2.24, 2.45) is 5.92 Å². The number of urea groups is 1. The molecule has 96 valence electrons. The summed E-state index contributed by atoms with van der Waals surface area (Å²) in [5.74, 6) is 1.60. The van der Waals surface area contributed by atoms with E-state index >= 15 is 0 Å². The van der Waals surface area contributed by atoms with E-state index in [1.807, 2.05) is 13.8 Å². The zero-order valence-corrected chi connectivity index (χ0v) is 10.6. The Morgan fingerprint density at radius 3 is 2.47 bits per heavy atom. The topological polar surface area (TPSA) is 60.9 Å². The lowest BCUT2D eigenvalue weighted by Crippen LogP contribution is -2.45. The second-order valence-electron chi connectivity index (χ2n) is 4.13. The highest BCUT2D eigenvalue weighted by molar-refractivity contribution is 5.80. The lowest BCUT2D eigenvalue weighted by molar-refractivity contribution is -0.137. The number of terminal acetylenes is 1. The Morgan fingerprint density at radius 1 is 1.47 bits per heavy atom. The Kier molecular flexibility index (Phi) is 6.80. The maximum Gasteiger partial charge on any atom is 0.323 e. The molecule has 0 saturated carbocycles. The van der Waals surface area contributed by atoms with Crippen LogP contribution in [0.1, 0.15) is 20.3 Å². The molecule has 0 heterocycles. The molecule has 1 atom stereocenters. The SMILES string of the molecule is C#CCN(CC(=O)O)C(=O)N(C)CC(C)CC. The molecule has 5 nitrogen and oxygen atoms in total. The van der Waals surface area contributed by atoms with E-state index in [1.54, 1.807) is 7.05 Å². The van der Waals surface area contributed by atoms with Gasteiger partial charge in [0, 0.05) is 13.6 Å². The fourth-order valence-electron chi connectivity index (χ4n) is 1.38. The second-order valence-corrected chi connectivity index (χ2v) is 4.13. The smallest absolute Gasteiger partial charge is 0.323 e. The van der Waals surface area contributed by atoms with E-state index in [1.165, 1.54) is 4.90 Å². The fraction of sp³-hybridized carbons (Fsp3) is 0.667. The van der Waals surface area contributed by atoms with E-state index < -0.39 is 5.97 Å². The number of aliphatic carboxylic acids is 1. The number of carbonyl (C=O) groups excluding carboxylic acids is 1. The molecule has 0 aromatic heterocycles. The van der Waals surface area contributed by atoms with E-state index in [-0.39, 0.29) is 19.1 Å². The quantitative estimate of drug-likeness (QED) is 0.707. The minimum atomic E-state index is -1.06. The standard InChI is InChI=1S/C12H20N2O3/c1-5-7-14(9-11(15)16)12(17)13(4)8-10(3)6-2/h1,10H,6-9H2,2-4H3,(H,15,16). The molecule has 0 aliphatic heterocycles. The molecular weight excluding hydrogens is 220 g/mol. The van der Waals surface area contributed by atoms with Crippen molar-refractivity contribution in [1.82, 2.24) is 9.80 Å². The first-order chi connectivity index (χ1) is 7.92. The molecule has 17 heavy (non-hydrogen) atoms. The Hall–Kier alpha value is -1.70. The van der Waals surface area contributed by atoms with E-state index in [0.29, 0.717) is 12.5 Å². The molecule has 0 aromatic rings. The average molecular weight is 240 g/mol. The van der Waals surface area contributed by atoms with Crippen molar-refractivity contribution in [2.75, 3.05) is 26.7 Å². The summed E-state index contributed by atoms with van der Waals surface area (Å²) in [7, 11) is 1.65. The van der Waals surface area contributed by atoms with Crippen molar-refractivity contribution in [3.8, 4) is 12.3 Å². The summed E-state index contributed by atoms with van der Waals surface area (Å²) in [5.41, 5.74) is 0. The maximum atomic E-state index is 11.9. The number of carboxylic acids is 1. The van der Waals surface area contributed by atoms with Crippen molar-refractivity contribution in [1.29, 1.82) is 0 Å². The Morgan fingerprint density at radius 2 is 2.06 bits per heavy atom. The van der Waals surface area contributed by atoms with E-state index in [0.717, 1.165) is 11.3 Å². The number of nitrogens with zero attached hydrogens (tertiary/aromatic N) is 2. The lowest BCUT2D eigenvalue weighted by atomic mass is 10.1. The van der Waals surface area contributed by atoms with E-state index in [9.17, 15) is 9.59 Å². The predicted octanol–water partition coefficient (Wildman–Crippen LogP) is 1.10. The predicted molar refractivity (Wildman–Crippen MR) is 65.5 cm³/mol. The molecule has 0 fully saturated rings.